The Balaban J connectivity index is 1.19. The Bertz CT molecular complexity index is 816. The molecule has 4 rings (SSSR count). The first-order valence-corrected chi connectivity index (χ1v) is 10.1. The number of aliphatic imine (C=N–C) groups is 1. The van der Waals surface area contributed by atoms with Crippen LogP contribution in [-0.4, -0.2) is 37.7 Å². The molecule has 6 heteroatoms. The molecule has 1 saturated carbocycles. The normalized spacial score (nSPS) is 15.7. The zero-order valence-electron chi connectivity index (χ0n) is 16.4. The molecule has 1 aromatic heterocycles. The zero-order valence-corrected chi connectivity index (χ0v) is 16.4. The molecule has 148 valence electrons. The Morgan fingerprint density at radius 2 is 2.11 bits per heavy atom. The molecule has 0 unspecified atom stereocenters. The molecule has 0 bridgehead atoms. The molecular formula is C22H28N4O2. The number of guanidine groups is 1. The van der Waals surface area contributed by atoms with Crippen LogP contribution in [0.5, 0.6) is 11.6 Å². The molecule has 2 heterocycles. The molecule has 0 amide bonds. The number of benzene rings is 1. The van der Waals surface area contributed by atoms with E-state index in [0.717, 1.165) is 55.8 Å². The number of aromatic nitrogens is 1. The molecule has 2 N–H and O–H groups in total. The fraction of sp³-hybridized carbons (Fsp3) is 0.455. The molecule has 2 aliphatic rings. The van der Waals surface area contributed by atoms with Gasteiger partial charge in [-0.15, -0.1) is 0 Å². The lowest BCUT2D eigenvalue weighted by atomic mass is 10.1. The van der Waals surface area contributed by atoms with Gasteiger partial charge in [-0.25, -0.2) is 4.98 Å². The number of rotatable bonds is 8. The monoisotopic (exact) mass is 380 g/mol. The zero-order chi connectivity index (χ0) is 19.2. The van der Waals surface area contributed by atoms with E-state index >= 15 is 0 Å². The summed E-state index contributed by atoms with van der Waals surface area (Å²) in [5, 5.41) is 6.70. The van der Waals surface area contributed by atoms with Crippen molar-refractivity contribution in [2.45, 2.75) is 32.2 Å². The summed E-state index contributed by atoms with van der Waals surface area (Å²) in [5.41, 5.74) is 3.73. The molecular weight excluding hydrogens is 352 g/mol. The van der Waals surface area contributed by atoms with E-state index < -0.39 is 0 Å². The first kappa shape index (κ1) is 18.6. The van der Waals surface area contributed by atoms with E-state index in [1.165, 1.54) is 24.0 Å². The Morgan fingerprint density at radius 1 is 1.21 bits per heavy atom. The van der Waals surface area contributed by atoms with Gasteiger partial charge in [0, 0.05) is 38.8 Å². The van der Waals surface area contributed by atoms with Gasteiger partial charge in [0.25, 0.3) is 0 Å². The third-order valence-electron chi connectivity index (χ3n) is 5.10. The standard InChI is InChI=1S/C22H28N4O2/c1-23-22(24-10-8-16-4-6-20-19(12-16)9-11-27-20)26-14-18-5-7-21(25-13-18)28-15-17-2-3-17/h4-7,12-13,17H,2-3,8-11,14-15H2,1H3,(H2,23,24,26). The second-order valence-electron chi connectivity index (χ2n) is 7.40. The summed E-state index contributed by atoms with van der Waals surface area (Å²) in [7, 11) is 1.79. The molecule has 1 aliphatic carbocycles. The van der Waals surface area contributed by atoms with E-state index in [-0.39, 0.29) is 0 Å². The second-order valence-corrected chi connectivity index (χ2v) is 7.40. The van der Waals surface area contributed by atoms with E-state index in [9.17, 15) is 0 Å². The minimum absolute atomic E-state index is 0.672. The van der Waals surface area contributed by atoms with Crippen molar-refractivity contribution in [3.05, 3.63) is 53.2 Å². The summed E-state index contributed by atoms with van der Waals surface area (Å²) in [5.74, 6) is 3.27. The predicted octanol–water partition coefficient (Wildman–Crippen LogP) is 2.71. The highest BCUT2D eigenvalue weighted by molar-refractivity contribution is 5.79. The van der Waals surface area contributed by atoms with Gasteiger partial charge in [-0.05, 0) is 47.9 Å². The number of ether oxygens (including phenoxy) is 2. The highest BCUT2D eigenvalue weighted by Gasteiger charge is 2.22. The van der Waals surface area contributed by atoms with Gasteiger partial charge in [0.15, 0.2) is 5.96 Å². The fourth-order valence-electron chi connectivity index (χ4n) is 3.22. The number of nitrogens with zero attached hydrogens (tertiary/aromatic N) is 2. The second kappa shape index (κ2) is 8.95. The minimum atomic E-state index is 0.672. The van der Waals surface area contributed by atoms with Crippen molar-refractivity contribution in [2.24, 2.45) is 10.9 Å². The fourth-order valence-corrected chi connectivity index (χ4v) is 3.22. The van der Waals surface area contributed by atoms with Crippen LogP contribution in [0, 0.1) is 5.92 Å². The van der Waals surface area contributed by atoms with E-state index in [1.807, 2.05) is 18.3 Å². The molecule has 0 saturated heterocycles. The summed E-state index contributed by atoms with van der Waals surface area (Å²) >= 11 is 0. The summed E-state index contributed by atoms with van der Waals surface area (Å²) in [6.45, 7) is 3.09. The minimum Gasteiger partial charge on any atom is -0.493 e. The van der Waals surface area contributed by atoms with Gasteiger partial charge in [-0.1, -0.05) is 18.2 Å². The van der Waals surface area contributed by atoms with Crippen molar-refractivity contribution in [3.63, 3.8) is 0 Å². The highest BCUT2D eigenvalue weighted by atomic mass is 16.5. The quantitative estimate of drug-likeness (QED) is 0.544. The molecule has 0 atom stereocenters. The number of pyridine rings is 1. The maximum Gasteiger partial charge on any atom is 0.213 e. The average molecular weight is 380 g/mol. The third kappa shape index (κ3) is 5.15. The lowest BCUT2D eigenvalue weighted by Crippen LogP contribution is -2.37. The number of hydrogen-bond acceptors (Lipinski definition) is 4. The van der Waals surface area contributed by atoms with Gasteiger partial charge in [0.1, 0.15) is 5.75 Å². The first-order chi connectivity index (χ1) is 13.8. The van der Waals surface area contributed by atoms with Crippen LogP contribution in [-0.2, 0) is 19.4 Å². The summed E-state index contributed by atoms with van der Waals surface area (Å²) in [6.07, 6.45) is 6.39. The smallest absolute Gasteiger partial charge is 0.213 e. The van der Waals surface area contributed by atoms with Crippen molar-refractivity contribution in [1.82, 2.24) is 15.6 Å². The van der Waals surface area contributed by atoms with E-state index in [4.69, 9.17) is 9.47 Å². The first-order valence-electron chi connectivity index (χ1n) is 10.1. The van der Waals surface area contributed by atoms with Crippen LogP contribution < -0.4 is 20.1 Å². The van der Waals surface area contributed by atoms with Crippen molar-refractivity contribution < 1.29 is 9.47 Å². The predicted molar refractivity (Wildman–Crippen MR) is 110 cm³/mol. The molecule has 1 aromatic carbocycles. The molecule has 1 aliphatic heterocycles. The lowest BCUT2D eigenvalue weighted by Gasteiger charge is -2.12. The number of fused-ring (bicyclic) bond motifs is 1. The number of hydrogen-bond donors (Lipinski definition) is 2. The van der Waals surface area contributed by atoms with E-state index in [0.29, 0.717) is 12.4 Å². The topological polar surface area (TPSA) is 67.8 Å². The van der Waals surface area contributed by atoms with Gasteiger partial charge in [0.2, 0.25) is 5.88 Å². The van der Waals surface area contributed by atoms with Crippen LogP contribution >= 0.6 is 0 Å². The Morgan fingerprint density at radius 3 is 2.89 bits per heavy atom. The van der Waals surface area contributed by atoms with E-state index in [1.54, 1.807) is 7.05 Å². The van der Waals surface area contributed by atoms with Crippen LogP contribution in [0.25, 0.3) is 0 Å². The largest absolute Gasteiger partial charge is 0.493 e. The number of nitrogens with one attached hydrogen (secondary N) is 2. The van der Waals surface area contributed by atoms with Crippen LogP contribution in [0.2, 0.25) is 0 Å². The van der Waals surface area contributed by atoms with Gasteiger partial charge in [-0.2, -0.15) is 0 Å². The van der Waals surface area contributed by atoms with Gasteiger partial charge in [-0.3, -0.25) is 4.99 Å². The van der Waals surface area contributed by atoms with Crippen LogP contribution in [0.15, 0.2) is 41.5 Å². The van der Waals surface area contributed by atoms with Crippen LogP contribution in [0.3, 0.4) is 0 Å². The third-order valence-corrected chi connectivity index (χ3v) is 5.10. The van der Waals surface area contributed by atoms with E-state index in [2.05, 4.69) is 38.8 Å². The van der Waals surface area contributed by atoms with Crippen molar-refractivity contribution in [2.75, 3.05) is 26.8 Å². The maximum absolute atomic E-state index is 5.68. The summed E-state index contributed by atoms with van der Waals surface area (Å²) < 4.78 is 11.2. The summed E-state index contributed by atoms with van der Waals surface area (Å²) in [6, 6.07) is 10.4. The Kier molecular flexibility index (Phi) is 5.95. The highest BCUT2D eigenvalue weighted by Crippen LogP contribution is 2.29. The SMILES string of the molecule is CN=C(NCCc1ccc2c(c1)CCO2)NCc1ccc(OCC2CC2)nc1. The Labute approximate surface area is 166 Å². The molecule has 0 radical (unpaired) electrons. The Hall–Kier alpha value is -2.76. The van der Waals surface area contributed by atoms with Crippen molar-refractivity contribution in [1.29, 1.82) is 0 Å². The molecule has 2 aromatic rings. The average Bonchev–Trinajstić information content (AvgIpc) is 3.45. The molecule has 1 fully saturated rings. The lowest BCUT2D eigenvalue weighted by molar-refractivity contribution is 0.288. The van der Waals surface area contributed by atoms with Gasteiger partial charge >= 0.3 is 0 Å². The summed E-state index contributed by atoms with van der Waals surface area (Å²) in [4.78, 5) is 8.67. The van der Waals surface area contributed by atoms with Crippen molar-refractivity contribution >= 4 is 5.96 Å². The van der Waals surface area contributed by atoms with Crippen LogP contribution in [0.4, 0.5) is 0 Å². The molecule has 6 nitrogen and oxygen atoms in total. The molecule has 0 spiro atoms. The van der Waals surface area contributed by atoms with Gasteiger partial charge in [0.05, 0.1) is 13.2 Å². The van der Waals surface area contributed by atoms with Crippen LogP contribution in [0.1, 0.15) is 29.5 Å². The van der Waals surface area contributed by atoms with Crippen molar-refractivity contribution in [3.8, 4) is 11.6 Å². The van der Waals surface area contributed by atoms with Gasteiger partial charge < -0.3 is 20.1 Å². The maximum atomic E-state index is 5.68. The molecule has 28 heavy (non-hydrogen) atoms.